The van der Waals surface area contributed by atoms with Gasteiger partial charge in [-0.25, -0.2) is 17.9 Å². The van der Waals surface area contributed by atoms with E-state index in [-0.39, 0.29) is 23.3 Å². The average molecular weight is 651 g/mol. The summed E-state index contributed by atoms with van der Waals surface area (Å²) in [5, 5.41) is 0. The third kappa shape index (κ3) is 8.97. The zero-order valence-corrected chi connectivity index (χ0v) is 27.7. The van der Waals surface area contributed by atoms with Gasteiger partial charge in [-0.15, -0.1) is 11.3 Å². The summed E-state index contributed by atoms with van der Waals surface area (Å²) in [6, 6.07) is 19.2. The van der Waals surface area contributed by atoms with E-state index >= 15 is 0 Å². The van der Waals surface area contributed by atoms with Gasteiger partial charge in [-0.05, 0) is 53.7 Å². The molecule has 1 heterocycles. The minimum absolute atomic E-state index is 0.0551. The highest BCUT2D eigenvalue weighted by molar-refractivity contribution is 7.92. The molecule has 0 saturated heterocycles. The maximum absolute atomic E-state index is 13.8. The molecule has 7 nitrogen and oxygen atoms in total. The highest BCUT2D eigenvalue weighted by atomic mass is 32.2. The van der Waals surface area contributed by atoms with Crippen molar-refractivity contribution < 1.29 is 22.7 Å². The number of thiophene rings is 1. The quantitative estimate of drug-likeness (QED) is 0.151. The second-order valence-corrected chi connectivity index (χ2v) is 14.6. The van der Waals surface area contributed by atoms with Gasteiger partial charge in [-0.3, -0.25) is 4.79 Å². The van der Waals surface area contributed by atoms with E-state index in [1.54, 1.807) is 11.0 Å². The number of carbonyl (C=O) groups is 2. The summed E-state index contributed by atoms with van der Waals surface area (Å²) in [4.78, 5) is 29.3. The van der Waals surface area contributed by atoms with Crippen LogP contribution in [0, 0.1) is 5.92 Å². The Balaban J connectivity index is 1.67. The van der Waals surface area contributed by atoms with Crippen LogP contribution in [0.15, 0.2) is 88.7 Å². The van der Waals surface area contributed by atoms with Gasteiger partial charge in [0.2, 0.25) is 0 Å². The Morgan fingerprint density at radius 3 is 2.48 bits per heavy atom. The van der Waals surface area contributed by atoms with Crippen molar-refractivity contribution >= 4 is 50.4 Å². The standard InChI is InChI=1S/C34H38N2O5S3/c1-4-5-18-41-34(38)35-44(39,40)33-30(21-28(43-33)19-24(2)3)27-15-11-14-26(20-27)23-36(22-25-12-7-6-8-13-25)32(37)29-16-9-10-17-31(29)42/h6-16,20-21,24H,4-5,17-19,22-23H2,1-3H3,(H,35,38). The molecule has 0 spiro atoms. The number of rotatable bonds is 13. The van der Waals surface area contributed by atoms with Crippen LogP contribution >= 0.6 is 23.6 Å². The van der Waals surface area contributed by atoms with Crippen LogP contribution in [0.25, 0.3) is 11.1 Å². The Bertz CT molecular complexity index is 1660. The molecule has 232 valence electrons. The van der Waals surface area contributed by atoms with Crippen LogP contribution in [0.2, 0.25) is 0 Å². The number of nitrogens with zero attached hydrogens (tertiary/aromatic N) is 1. The number of thiocarbonyl (C=S) groups is 1. The van der Waals surface area contributed by atoms with E-state index in [2.05, 4.69) is 18.6 Å². The van der Waals surface area contributed by atoms with Gasteiger partial charge in [0.1, 0.15) is 4.21 Å². The Kier molecular flexibility index (Phi) is 11.7. The zero-order chi connectivity index (χ0) is 31.7. The van der Waals surface area contributed by atoms with Crippen LogP contribution in [-0.2, 0) is 39.1 Å². The van der Waals surface area contributed by atoms with Crippen molar-refractivity contribution in [2.45, 2.75) is 63.8 Å². The minimum atomic E-state index is -4.20. The smallest absolute Gasteiger partial charge is 0.421 e. The number of sulfonamides is 1. The molecule has 44 heavy (non-hydrogen) atoms. The topological polar surface area (TPSA) is 92.8 Å². The van der Waals surface area contributed by atoms with Crippen LogP contribution in [0.1, 0.15) is 56.0 Å². The van der Waals surface area contributed by atoms with Gasteiger partial charge in [0.25, 0.3) is 15.9 Å². The molecule has 1 aromatic heterocycles. The van der Waals surface area contributed by atoms with Crippen molar-refractivity contribution in [3.63, 3.8) is 0 Å². The number of hydrogen-bond acceptors (Lipinski definition) is 7. The third-order valence-corrected chi connectivity index (χ3v) is 10.3. The highest BCUT2D eigenvalue weighted by Crippen LogP contribution is 2.37. The van der Waals surface area contributed by atoms with E-state index in [0.717, 1.165) is 33.8 Å². The fraction of sp³-hybridized carbons (Fsp3) is 0.324. The molecule has 0 aliphatic heterocycles. The van der Waals surface area contributed by atoms with Gasteiger partial charge in [0.15, 0.2) is 0 Å². The lowest BCUT2D eigenvalue weighted by Crippen LogP contribution is -2.33. The predicted octanol–water partition coefficient (Wildman–Crippen LogP) is 7.61. The van der Waals surface area contributed by atoms with Gasteiger partial charge in [0.05, 0.1) is 12.2 Å². The van der Waals surface area contributed by atoms with Crippen molar-refractivity contribution in [3.05, 3.63) is 100 Å². The van der Waals surface area contributed by atoms with Crippen molar-refractivity contribution in [2.24, 2.45) is 5.92 Å². The van der Waals surface area contributed by atoms with Gasteiger partial charge in [0, 0.05) is 34.8 Å². The van der Waals surface area contributed by atoms with Crippen molar-refractivity contribution in [1.29, 1.82) is 0 Å². The summed E-state index contributed by atoms with van der Waals surface area (Å²) in [5.74, 6) is 0.153. The lowest BCUT2D eigenvalue weighted by molar-refractivity contribution is -0.127. The Morgan fingerprint density at radius 1 is 1.05 bits per heavy atom. The molecule has 3 aromatic rings. The molecule has 2 aromatic carbocycles. The summed E-state index contributed by atoms with van der Waals surface area (Å²) < 4.78 is 34.1. The lowest BCUT2D eigenvalue weighted by atomic mass is 10.0. The number of amides is 2. The van der Waals surface area contributed by atoms with Crippen LogP contribution in [0.5, 0.6) is 0 Å². The van der Waals surface area contributed by atoms with Gasteiger partial charge in [-0.2, -0.15) is 0 Å². The average Bonchev–Trinajstić information content (AvgIpc) is 3.42. The summed E-state index contributed by atoms with van der Waals surface area (Å²) >= 11 is 6.67. The van der Waals surface area contributed by atoms with E-state index in [1.165, 1.54) is 0 Å². The lowest BCUT2D eigenvalue weighted by Gasteiger charge is -2.25. The van der Waals surface area contributed by atoms with Crippen molar-refractivity contribution in [2.75, 3.05) is 6.61 Å². The van der Waals surface area contributed by atoms with Crippen molar-refractivity contribution in [3.8, 4) is 11.1 Å². The van der Waals surface area contributed by atoms with Crippen LogP contribution in [-0.4, -0.2) is 36.8 Å². The van der Waals surface area contributed by atoms with Crippen molar-refractivity contribution in [1.82, 2.24) is 9.62 Å². The number of nitrogens with one attached hydrogen (secondary N) is 1. The van der Waals surface area contributed by atoms with E-state index in [4.69, 9.17) is 17.0 Å². The second kappa shape index (κ2) is 15.4. The van der Waals surface area contributed by atoms with Crippen LogP contribution in [0.4, 0.5) is 4.79 Å². The molecule has 1 aliphatic carbocycles. The van der Waals surface area contributed by atoms with E-state index < -0.39 is 16.1 Å². The molecule has 0 atom stereocenters. The molecule has 10 heteroatoms. The SMILES string of the molecule is CCCCOC(=O)NS(=O)(=O)c1sc(CC(C)C)cc1-c1cccc(CN(Cc2ccccc2)C(=O)C2=CC=CCC2=S)c1. The maximum atomic E-state index is 13.8. The first-order valence-electron chi connectivity index (χ1n) is 14.7. The Labute approximate surface area is 269 Å². The molecule has 0 fully saturated rings. The molecule has 2 amide bonds. The summed E-state index contributed by atoms with van der Waals surface area (Å²) in [6.07, 6.45) is 7.27. The molecule has 0 unspecified atom stereocenters. The number of ether oxygens (including phenoxy) is 1. The number of carbonyl (C=O) groups excluding carboxylic acids is 2. The first kappa shape index (κ1) is 33.3. The molecule has 0 radical (unpaired) electrons. The molecule has 0 bridgehead atoms. The Hall–Kier alpha value is -3.60. The molecular formula is C34H38N2O5S3. The van der Waals surface area contributed by atoms with E-state index in [1.807, 2.05) is 79.7 Å². The third-order valence-electron chi connectivity index (χ3n) is 6.90. The first-order valence-corrected chi connectivity index (χ1v) is 17.4. The fourth-order valence-electron chi connectivity index (χ4n) is 4.79. The summed E-state index contributed by atoms with van der Waals surface area (Å²) in [5.41, 5.74) is 3.50. The van der Waals surface area contributed by atoms with Crippen LogP contribution < -0.4 is 4.72 Å². The molecule has 4 rings (SSSR count). The molecule has 1 aliphatic rings. The molecular weight excluding hydrogens is 613 g/mol. The normalized spacial score (nSPS) is 13.1. The number of unbranched alkanes of at least 4 members (excludes halogenated alkanes) is 1. The largest absolute Gasteiger partial charge is 0.449 e. The first-order chi connectivity index (χ1) is 21.1. The van der Waals surface area contributed by atoms with Crippen LogP contribution in [0.3, 0.4) is 0 Å². The fourth-order valence-corrected chi connectivity index (χ4v) is 7.88. The van der Waals surface area contributed by atoms with Gasteiger partial charge >= 0.3 is 6.09 Å². The summed E-state index contributed by atoms with van der Waals surface area (Å²) in [7, 11) is -4.20. The number of benzene rings is 2. The number of allylic oxidation sites excluding steroid dienone is 3. The monoisotopic (exact) mass is 650 g/mol. The minimum Gasteiger partial charge on any atom is -0.449 e. The Morgan fingerprint density at radius 2 is 1.77 bits per heavy atom. The second-order valence-electron chi connectivity index (χ2n) is 11.1. The molecule has 1 N–H and O–H groups in total. The molecule has 0 saturated carbocycles. The summed E-state index contributed by atoms with van der Waals surface area (Å²) in [6.45, 7) is 6.91. The van der Waals surface area contributed by atoms with E-state index in [0.29, 0.717) is 53.3 Å². The van der Waals surface area contributed by atoms with Gasteiger partial charge < -0.3 is 9.64 Å². The highest BCUT2D eigenvalue weighted by Gasteiger charge is 2.27. The van der Waals surface area contributed by atoms with Gasteiger partial charge in [-0.1, -0.05) is 100 Å². The van der Waals surface area contributed by atoms with E-state index in [9.17, 15) is 18.0 Å². The predicted molar refractivity (Wildman–Crippen MR) is 180 cm³/mol. The maximum Gasteiger partial charge on any atom is 0.421 e. The number of hydrogen-bond donors (Lipinski definition) is 1. The zero-order valence-electron chi connectivity index (χ0n) is 25.2.